The maximum absolute atomic E-state index is 6.13. The zero-order valence-corrected chi connectivity index (χ0v) is 12.1. The number of nitrogens with one attached hydrogen (secondary N) is 1. The van der Waals surface area contributed by atoms with Crippen molar-refractivity contribution in [3.63, 3.8) is 0 Å². The van der Waals surface area contributed by atoms with Crippen LogP contribution >= 0.6 is 11.6 Å². The molecule has 6 heteroatoms. The molecule has 0 saturated carbocycles. The van der Waals surface area contributed by atoms with E-state index in [2.05, 4.69) is 34.7 Å². The van der Waals surface area contributed by atoms with E-state index in [4.69, 9.17) is 11.6 Å². The van der Waals surface area contributed by atoms with Gasteiger partial charge in [0.25, 0.3) is 0 Å². The van der Waals surface area contributed by atoms with Crippen LogP contribution < -0.4 is 5.32 Å². The second-order valence-electron chi connectivity index (χ2n) is 4.92. The zero-order valence-electron chi connectivity index (χ0n) is 11.4. The molecule has 1 aromatic carbocycles. The lowest BCUT2D eigenvalue weighted by molar-refractivity contribution is 0.537. The summed E-state index contributed by atoms with van der Waals surface area (Å²) in [6, 6.07) is 5.72. The minimum atomic E-state index is 0.595. The Labute approximate surface area is 118 Å². The Bertz CT molecular complexity index is 550. The standard InChI is InChI=1S/C13H18ClN5/c1-9(2)7-15-8-13-16-17-18-19(13)12-6-4-5-11(14)10(12)3/h4-6,9,15H,7-8H2,1-3H3. The molecule has 1 aromatic heterocycles. The average Bonchev–Trinajstić information content (AvgIpc) is 2.80. The van der Waals surface area contributed by atoms with Gasteiger partial charge in [-0.2, -0.15) is 4.68 Å². The van der Waals surface area contributed by atoms with Gasteiger partial charge in [-0.3, -0.25) is 0 Å². The number of nitrogens with zero attached hydrogens (tertiary/aromatic N) is 4. The summed E-state index contributed by atoms with van der Waals surface area (Å²) >= 11 is 6.13. The van der Waals surface area contributed by atoms with Gasteiger partial charge >= 0.3 is 0 Å². The third kappa shape index (κ3) is 3.30. The van der Waals surface area contributed by atoms with Crippen LogP contribution in [0.3, 0.4) is 0 Å². The predicted molar refractivity (Wildman–Crippen MR) is 75.4 cm³/mol. The first kappa shape index (κ1) is 14.0. The minimum absolute atomic E-state index is 0.595. The van der Waals surface area contributed by atoms with Crippen LogP contribution in [0.25, 0.3) is 5.69 Å². The highest BCUT2D eigenvalue weighted by atomic mass is 35.5. The van der Waals surface area contributed by atoms with Crippen LogP contribution in [0.1, 0.15) is 25.2 Å². The van der Waals surface area contributed by atoms with Crippen LogP contribution in [-0.2, 0) is 6.54 Å². The van der Waals surface area contributed by atoms with E-state index in [1.165, 1.54) is 0 Å². The fourth-order valence-electron chi connectivity index (χ4n) is 1.80. The predicted octanol–water partition coefficient (Wildman–Crippen LogP) is 2.37. The van der Waals surface area contributed by atoms with Crippen molar-refractivity contribution in [2.24, 2.45) is 5.92 Å². The monoisotopic (exact) mass is 279 g/mol. The highest BCUT2D eigenvalue weighted by molar-refractivity contribution is 6.31. The summed E-state index contributed by atoms with van der Waals surface area (Å²) in [5.74, 6) is 1.38. The molecule has 0 fully saturated rings. The van der Waals surface area contributed by atoms with E-state index in [-0.39, 0.29) is 0 Å². The molecule has 19 heavy (non-hydrogen) atoms. The average molecular weight is 280 g/mol. The molecule has 2 rings (SSSR count). The number of halogens is 1. The third-order valence-electron chi connectivity index (χ3n) is 2.84. The largest absolute Gasteiger partial charge is 0.310 e. The van der Waals surface area contributed by atoms with Crippen LogP contribution in [0.15, 0.2) is 18.2 Å². The van der Waals surface area contributed by atoms with Gasteiger partial charge in [0.05, 0.1) is 12.2 Å². The molecule has 0 unspecified atom stereocenters. The van der Waals surface area contributed by atoms with Gasteiger partial charge in [0.2, 0.25) is 0 Å². The van der Waals surface area contributed by atoms with E-state index >= 15 is 0 Å². The molecule has 0 aliphatic carbocycles. The Hall–Kier alpha value is -1.46. The summed E-state index contributed by atoms with van der Waals surface area (Å²) in [4.78, 5) is 0. The summed E-state index contributed by atoms with van der Waals surface area (Å²) in [5, 5.41) is 15.9. The van der Waals surface area contributed by atoms with Crippen LogP contribution in [0, 0.1) is 12.8 Å². The van der Waals surface area contributed by atoms with Crippen LogP contribution in [0.4, 0.5) is 0 Å². The van der Waals surface area contributed by atoms with Crippen molar-refractivity contribution in [2.75, 3.05) is 6.54 Å². The quantitative estimate of drug-likeness (QED) is 0.913. The number of tetrazole rings is 1. The van der Waals surface area contributed by atoms with E-state index in [1.807, 2.05) is 25.1 Å². The Balaban J connectivity index is 2.21. The molecule has 0 aliphatic rings. The first-order chi connectivity index (χ1) is 9.09. The molecule has 0 radical (unpaired) electrons. The fraction of sp³-hybridized carbons (Fsp3) is 0.462. The van der Waals surface area contributed by atoms with Crippen LogP contribution in [-0.4, -0.2) is 26.8 Å². The normalized spacial score (nSPS) is 11.2. The summed E-state index contributed by atoms with van der Waals surface area (Å²) in [6.07, 6.45) is 0. The third-order valence-corrected chi connectivity index (χ3v) is 3.25. The van der Waals surface area contributed by atoms with Crippen molar-refractivity contribution >= 4 is 11.6 Å². The lowest BCUT2D eigenvalue weighted by atomic mass is 10.2. The van der Waals surface area contributed by atoms with E-state index in [1.54, 1.807) is 4.68 Å². The van der Waals surface area contributed by atoms with Gasteiger partial charge in [-0.1, -0.05) is 31.5 Å². The fourth-order valence-corrected chi connectivity index (χ4v) is 1.97. The second-order valence-corrected chi connectivity index (χ2v) is 5.32. The molecule has 1 heterocycles. The number of hydrogen-bond acceptors (Lipinski definition) is 4. The van der Waals surface area contributed by atoms with Crippen molar-refractivity contribution in [2.45, 2.75) is 27.3 Å². The molecule has 0 bridgehead atoms. The lowest BCUT2D eigenvalue weighted by Crippen LogP contribution is -2.21. The van der Waals surface area contributed by atoms with Gasteiger partial charge in [-0.05, 0) is 47.5 Å². The van der Waals surface area contributed by atoms with Gasteiger partial charge < -0.3 is 5.32 Å². The van der Waals surface area contributed by atoms with Crippen molar-refractivity contribution in [3.05, 3.63) is 34.6 Å². The lowest BCUT2D eigenvalue weighted by Gasteiger charge is -2.10. The highest BCUT2D eigenvalue weighted by Crippen LogP contribution is 2.21. The molecular formula is C13H18ClN5. The Morgan fingerprint density at radius 1 is 1.37 bits per heavy atom. The van der Waals surface area contributed by atoms with Crippen molar-refractivity contribution < 1.29 is 0 Å². The summed E-state index contributed by atoms with van der Waals surface area (Å²) < 4.78 is 1.73. The molecular weight excluding hydrogens is 262 g/mol. The van der Waals surface area contributed by atoms with Gasteiger partial charge in [0, 0.05) is 5.02 Å². The van der Waals surface area contributed by atoms with E-state index in [0.717, 1.165) is 23.6 Å². The number of aromatic nitrogens is 4. The van der Waals surface area contributed by atoms with Gasteiger partial charge in [-0.25, -0.2) is 0 Å². The Kier molecular flexibility index (Phi) is 4.50. The first-order valence-corrected chi connectivity index (χ1v) is 6.71. The zero-order chi connectivity index (χ0) is 13.8. The van der Waals surface area contributed by atoms with Crippen molar-refractivity contribution in [3.8, 4) is 5.69 Å². The molecule has 5 nitrogen and oxygen atoms in total. The topological polar surface area (TPSA) is 55.6 Å². The van der Waals surface area contributed by atoms with Gasteiger partial charge in [0.15, 0.2) is 5.82 Å². The van der Waals surface area contributed by atoms with E-state index < -0.39 is 0 Å². The summed E-state index contributed by atoms with van der Waals surface area (Å²) in [6.45, 7) is 7.86. The number of hydrogen-bond donors (Lipinski definition) is 1. The molecule has 102 valence electrons. The Morgan fingerprint density at radius 3 is 2.89 bits per heavy atom. The highest BCUT2D eigenvalue weighted by Gasteiger charge is 2.11. The minimum Gasteiger partial charge on any atom is -0.310 e. The maximum Gasteiger partial charge on any atom is 0.170 e. The maximum atomic E-state index is 6.13. The van der Waals surface area contributed by atoms with Crippen LogP contribution in [0.5, 0.6) is 0 Å². The summed E-state index contributed by atoms with van der Waals surface area (Å²) in [5.41, 5.74) is 1.89. The van der Waals surface area contributed by atoms with Gasteiger partial charge in [0.1, 0.15) is 0 Å². The number of benzene rings is 1. The SMILES string of the molecule is Cc1c(Cl)cccc1-n1nnnc1CNCC(C)C. The van der Waals surface area contributed by atoms with Crippen LogP contribution in [0.2, 0.25) is 5.02 Å². The van der Waals surface area contributed by atoms with Crippen molar-refractivity contribution in [1.82, 2.24) is 25.5 Å². The first-order valence-electron chi connectivity index (χ1n) is 6.33. The number of rotatable bonds is 5. The van der Waals surface area contributed by atoms with E-state index in [0.29, 0.717) is 17.5 Å². The molecule has 1 N–H and O–H groups in total. The molecule has 2 aromatic rings. The molecule has 0 aliphatic heterocycles. The smallest absolute Gasteiger partial charge is 0.170 e. The summed E-state index contributed by atoms with van der Waals surface area (Å²) in [7, 11) is 0. The molecule has 0 spiro atoms. The Morgan fingerprint density at radius 2 is 2.16 bits per heavy atom. The van der Waals surface area contributed by atoms with Crippen molar-refractivity contribution in [1.29, 1.82) is 0 Å². The van der Waals surface area contributed by atoms with Gasteiger partial charge in [-0.15, -0.1) is 5.10 Å². The molecule has 0 atom stereocenters. The molecule has 0 saturated heterocycles. The molecule has 0 amide bonds. The second kappa shape index (κ2) is 6.12. The van der Waals surface area contributed by atoms with E-state index in [9.17, 15) is 0 Å².